The number of methoxy groups -OCH3 is 1. The largest absolute Gasteiger partial charge is 0.370 e. The van der Waals surface area contributed by atoms with Crippen LogP contribution in [0.3, 0.4) is 0 Å². The summed E-state index contributed by atoms with van der Waals surface area (Å²) in [5.41, 5.74) is 2.24. The highest BCUT2D eigenvalue weighted by Crippen LogP contribution is 2.31. The molecule has 0 radical (unpaired) electrons. The van der Waals surface area contributed by atoms with Gasteiger partial charge in [0.05, 0.1) is 19.3 Å². The average Bonchev–Trinajstić information content (AvgIpc) is 2.83. The van der Waals surface area contributed by atoms with Gasteiger partial charge in [-0.15, -0.1) is 0 Å². The molecule has 5 heteroatoms. The first kappa shape index (κ1) is 23.9. The number of hydrogen-bond donors (Lipinski definition) is 0. The van der Waals surface area contributed by atoms with Crippen molar-refractivity contribution in [3.05, 3.63) is 71.8 Å². The van der Waals surface area contributed by atoms with Gasteiger partial charge in [-0.1, -0.05) is 80.9 Å². The predicted molar refractivity (Wildman–Crippen MR) is 121 cm³/mol. The number of ether oxygens (including phenoxy) is 5. The third kappa shape index (κ3) is 6.86. The molecular formula is C26H36O5. The highest BCUT2D eigenvalue weighted by atomic mass is 16.7. The summed E-state index contributed by atoms with van der Waals surface area (Å²) < 4.78 is 31.1. The summed E-state index contributed by atoms with van der Waals surface area (Å²) in [6, 6.07) is 20.4. The molecule has 1 fully saturated rings. The van der Waals surface area contributed by atoms with Crippen molar-refractivity contribution in [1.82, 2.24) is 0 Å². The van der Waals surface area contributed by atoms with E-state index in [2.05, 4.69) is 38.1 Å². The van der Waals surface area contributed by atoms with E-state index >= 15 is 0 Å². The zero-order valence-corrected chi connectivity index (χ0v) is 18.9. The van der Waals surface area contributed by atoms with E-state index in [0.29, 0.717) is 19.8 Å². The summed E-state index contributed by atoms with van der Waals surface area (Å²) in [6.45, 7) is 5.87. The van der Waals surface area contributed by atoms with Gasteiger partial charge in [0.15, 0.2) is 6.29 Å². The topological polar surface area (TPSA) is 46.2 Å². The van der Waals surface area contributed by atoms with Crippen molar-refractivity contribution in [3.63, 3.8) is 0 Å². The van der Waals surface area contributed by atoms with Crippen molar-refractivity contribution >= 4 is 0 Å². The third-order valence-corrected chi connectivity index (χ3v) is 5.60. The number of unbranched alkanes of at least 4 members (excludes halogenated alkanes) is 1. The van der Waals surface area contributed by atoms with Gasteiger partial charge < -0.3 is 23.7 Å². The maximum absolute atomic E-state index is 6.47. The van der Waals surface area contributed by atoms with Crippen LogP contribution in [0.4, 0.5) is 0 Å². The molecule has 0 spiro atoms. The minimum Gasteiger partial charge on any atom is -0.370 e. The first-order chi connectivity index (χ1) is 15.3. The second-order valence-corrected chi connectivity index (χ2v) is 7.90. The Balaban J connectivity index is 1.79. The Labute approximate surface area is 186 Å². The summed E-state index contributed by atoms with van der Waals surface area (Å²) in [6.07, 6.45) is 1.30. The lowest BCUT2D eigenvalue weighted by Crippen LogP contribution is -2.60. The van der Waals surface area contributed by atoms with Crippen LogP contribution >= 0.6 is 0 Å². The quantitative estimate of drug-likeness (QED) is 0.439. The minimum absolute atomic E-state index is 0.138. The molecule has 0 saturated carbocycles. The molecular weight excluding hydrogens is 392 g/mol. The molecule has 0 bridgehead atoms. The smallest absolute Gasteiger partial charge is 0.186 e. The summed E-state index contributed by atoms with van der Waals surface area (Å²) in [7, 11) is 1.66. The lowest BCUT2D eigenvalue weighted by molar-refractivity contribution is -0.316. The zero-order chi connectivity index (χ0) is 21.9. The van der Waals surface area contributed by atoms with E-state index in [1.165, 1.54) is 0 Å². The molecule has 170 valence electrons. The van der Waals surface area contributed by atoms with E-state index in [1.807, 2.05) is 36.4 Å². The Morgan fingerprint density at radius 2 is 1.32 bits per heavy atom. The number of hydrogen-bond acceptors (Lipinski definition) is 5. The van der Waals surface area contributed by atoms with Crippen LogP contribution in [0.5, 0.6) is 0 Å². The van der Waals surface area contributed by atoms with Crippen molar-refractivity contribution < 1.29 is 23.7 Å². The van der Waals surface area contributed by atoms with E-state index in [-0.39, 0.29) is 24.4 Å². The normalized spacial score (nSPS) is 26.1. The van der Waals surface area contributed by atoms with Crippen LogP contribution in [0, 0.1) is 0 Å². The second kappa shape index (κ2) is 12.9. The molecule has 0 unspecified atom stereocenters. The van der Waals surface area contributed by atoms with Gasteiger partial charge in [-0.25, -0.2) is 0 Å². The van der Waals surface area contributed by atoms with E-state index in [0.717, 1.165) is 30.4 Å². The van der Waals surface area contributed by atoms with E-state index in [9.17, 15) is 0 Å². The molecule has 2 aromatic rings. The number of benzene rings is 2. The maximum Gasteiger partial charge on any atom is 0.186 e. The zero-order valence-electron chi connectivity index (χ0n) is 18.9. The molecule has 1 aliphatic heterocycles. The first-order valence-corrected chi connectivity index (χ1v) is 11.4. The summed E-state index contributed by atoms with van der Waals surface area (Å²) >= 11 is 0. The van der Waals surface area contributed by atoms with Crippen molar-refractivity contribution in [2.24, 2.45) is 0 Å². The van der Waals surface area contributed by atoms with Crippen LogP contribution < -0.4 is 0 Å². The molecule has 0 aromatic heterocycles. The van der Waals surface area contributed by atoms with Gasteiger partial charge in [0, 0.05) is 13.7 Å². The lowest BCUT2D eigenvalue weighted by atomic mass is 9.96. The monoisotopic (exact) mass is 428 g/mol. The van der Waals surface area contributed by atoms with Crippen molar-refractivity contribution in [3.8, 4) is 0 Å². The van der Waals surface area contributed by atoms with E-state index < -0.39 is 6.29 Å². The van der Waals surface area contributed by atoms with Gasteiger partial charge in [0.1, 0.15) is 18.3 Å². The molecule has 5 atom stereocenters. The Hall–Kier alpha value is -1.76. The second-order valence-electron chi connectivity index (χ2n) is 7.90. The molecule has 31 heavy (non-hydrogen) atoms. The fourth-order valence-corrected chi connectivity index (χ4v) is 3.86. The fraction of sp³-hybridized carbons (Fsp3) is 0.538. The standard InChI is InChI=1S/C26H36O5/c1-4-6-17-28-25-24(30-19-21-15-11-8-12-16-21)23(22(5-2)31-26(25)27-3)29-18-20-13-9-7-10-14-20/h7-16,22-26H,4-6,17-19H2,1-3H3/t22-,23-,24+,25+,26+/m1/s1. The number of rotatable bonds is 12. The summed E-state index contributed by atoms with van der Waals surface area (Å²) in [4.78, 5) is 0. The molecule has 1 heterocycles. The van der Waals surface area contributed by atoms with Gasteiger partial charge in [-0.3, -0.25) is 0 Å². The summed E-state index contributed by atoms with van der Waals surface area (Å²) in [5, 5.41) is 0. The van der Waals surface area contributed by atoms with Crippen LogP contribution in [0.25, 0.3) is 0 Å². The molecule has 5 nitrogen and oxygen atoms in total. The van der Waals surface area contributed by atoms with Crippen LogP contribution in [0.1, 0.15) is 44.2 Å². The lowest BCUT2D eigenvalue weighted by Gasteiger charge is -2.45. The SMILES string of the molecule is CCCCO[C@@H]1[C@@H](OC)O[C@H](CC)[C@@H](OCc2ccccc2)[C@@H]1OCc1ccccc1. The predicted octanol–water partition coefficient (Wildman–Crippen LogP) is 5.12. The molecule has 0 N–H and O–H groups in total. The van der Waals surface area contributed by atoms with Gasteiger partial charge in [-0.2, -0.15) is 0 Å². The molecule has 0 amide bonds. The average molecular weight is 429 g/mol. The highest BCUT2D eigenvalue weighted by molar-refractivity contribution is 5.14. The van der Waals surface area contributed by atoms with E-state index in [1.54, 1.807) is 7.11 Å². The van der Waals surface area contributed by atoms with E-state index in [4.69, 9.17) is 23.7 Å². The third-order valence-electron chi connectivity index (χ3n) is 5.60. The van der Waals surface area contributed by atoms with Crippen molar-refractivity contribution in [1.29, 1.82) is 0 Å². The minimum atomic E-state index is -0.487. The Bertz CT molecular complexity index is 723. The highest BCUT2D eigenvalue weighted by Gasteiger charge is 2.47. The maximum atomic E-state index is 6.47. The van der Waals surface area contributed by atoms with Crippen molar-refractivity contribution in [2.45, 2.75) is 77.0 Å². The Kier molecular flexibility index (Phi) is 9.97. The van der Waals surface area contributed by atoms with Crippen LogP contribution in [0.15, 0.2) is 60.7 Å². The summed E-state index contributed by atoms with van der Waals surface area (Å²) in [5.74, 6) is 0. The molecule has 3 rings (SSSR count). The van der Waals surface area contributed by atoms with Gasteiger partial charge >= 0.3 is 0 Å². The van der Waals surface area contributed by atoms with Gasteiger partial charge in [0.2, 0.25) is 0 Å². The molecule has 0 aliphatic carbocycles. The van der Waals surface area contributed by atoms with Crippen LogP contribution in [-0.4, -0.2) is 44.4 Å². The van der Waals surface area contributed by atoms with Crippen LogP contribution in [-0.2, 0) is 36.9 Å². The fourth-order valence-electron chi connectivity index (χ4n) is 3.86. The Morgan fingerprint density at radius 3 is 1.84 bits per heavy atom. The molecule has 2 aromatic carbocycles. The van der Waals surface area contributed by atoms with Gasteiger partial charge in [-0.05, 0) is 24.0 Å². The molecule has 1 aliphatic rings. The van der Waals surface area contributed by atoms with Gasteiger partial charge in [0.25, 0.3) is 0 Å². The van der Waals surface area contributed by atoms with Crippen molar-refractivity contribution in [2.75, 3.05) is 13.7 Å². The molecule has 1 saturated heterocycles. The first-order valence-electron chi connectivity index (χ1n) is 11.4. The van der Waals surface area contributed by atoms with Crippen LogP contribution in [0.2, 0.25) is 0 Å². The Morgan fingerprint density at radius 1 is 0.742 bits per heavy atom.